The van der Waals surface area contributed by atoms with Gasteiger partial charge in [-0.05, 0) is 0 Å². The van der Waals surface area contributed by atoms with Crippen molar-refractivity contribution in [3.05, 3.63) is 109 Å². The highest BCUT2D eigenvalue weighted by molar-refractivity contribution is 5.67. The predicted molar refractivity (Wildman–Crippen MR) is 127 cm³/mol. The van der Waals surface area contributed by atoms with Crippen LogP contribution in [0.3, 0.4) is 0 Å². The number of hydrogen-bond donors (Lipinski definition) is 1. The van der Waals surface area contributed by atoms with Crippen molar-refractivity contribution in [2.24, 2.45) is 0 Å². The van der Waals surface area contributed by atoms with Gasteiger partial charge in [-0.1, -0.05) is 65.6 Å². The number of nitro groups is 3. The van der Waals surface area contributed by atoms with Gasteiger partial charge in [-0.3, -0.25) is 35.7 Å². The smallest absolute Gasteiger partial charge is 0.390 e. The standard InChI is InChI=1S/C17H15N3.C6H3N3O7/c1-18-17-19-15(13-8-4-2-5-9-13)12-16(20-17)14-10-6-3-7-11-14;10-6-4(8(13)14)1-3(7(11)12)2-5(6)9(15)16/h2-12H,1H3,(H,18,19,20);1-2,10H. The Balaban J connectivity index is 0.000000207. The van der Waals surface area contributed by atoms with Crippen molar-refractivity contribution in [3.8, 4) is 28.3 Å². The molecule has 0 bridgehead atoms. The van der Waals surface area contributed by atoms with Crippen LogP contribution in [-0.2, 0) is 0 Å². The van der Waals surface area contributed by atoms with E-state index in [-0.39, 0.29) is 0 Å². The number of aromatic nitrogens is 2. The summed E-state index contributed by atoms with van der Waals surface area (Å²) >= 11 is 0. The highest BCUT2D eigenvalue weighted by atomic mass is 16.6. The maximum atomic E-state index is 11.1. The zero-order valence-electron chi connectivity index (χ0n) is 18.7. The van der Waals surface area contributed by atoms with Crippen LogP contribution in [0.2, 0.25) is 0 Å². The summed E-state index contributed by atoms with van der Waals surface area (Å²) in [6.07, 6.45) is 0. The topological polar surface area (TPSA) is 192 Å². The minimum Gasteiger partial charge on any atom is -0.863 e. The molecule has 0 atom stereocenters. The molecule has 1 heterocycles. The molecule has 182 valence electrons. The number of nitrogens with zero attached hydrogens (tertiary/aromatic N) is 4. The van der Waals surface area contributed by atoms with Crippen molar-refractivity contribution >= 4 is 23.0 Å². The molecule has 0 saturated heterocycles. The van der Waals surface area contributed by atoms with Gasteiger partial charge < -0.3 is 5.11 Å². The molecule has 13 nitrogen and oxygen atoms in total. The largest absolute Gasteiger partial charge is 0.863 e. The van der Waals surface area contributed by atoms with E-state index >= 15 is 0 Å². The third-order valence-corrected chi connectivity index (χ3v) is 4.80. The second-order valence-electron chi connectivity index (χ2n) is 7.10. The Morgan fingerprint density at radius 1 is 0.750 bits per heavy atom. The van der Waals surface area contributed by atoms with Crippen molar-refractivity contribution in [1.82, 2.24) is 4.98 Å². The lowest BCUT2D eigenvalue weighted by Gasteiger charge is -2.06. The van der Waals surface area contributed by atoms with Crippen molar-refractivity contribution in [1.29, 1.82) is 0 Å². The quantitative estimate of drug-likeness (QED) is 0.309. The van der Waals surface area contributed by atoms with Crippen LogP contribution in [0.1, 0.15) is 0 Å². The van der Waals surface area contributed by atoms with Gasteiger partial charge in [-0.2, -0.15) is 0 Å². The van der Waals surface area contributed by atoms with Gasteiger partial charge in [0.2, 0.25) is 0 Å². The van der Waals surface area contributed by atoms with E-state index in [2.05, 4.69) is 45.6 Å². The summed E-state index contributed by atoms with van der Waals surface area (Å²) in [6.45, 7) is 0. The molecule has 0 radical (unpaired) electrons. The molecule has 2 N–H and O–H groups in total. The normalized spacial score (nSPS) is 10.0. The number of nitrogens with one attached hydrogen (secondary N) is 2. The molecule has 4 aromatic rings. The number of aromatic amines is 1. The molecule has 3 aromatic carbocycles. The van der Waals surface area contributed by atoms with Crippen molar-refractivity contribution in [2.45, 2.75) is 0 Å². The third kappa shape index (κ3) is 5.91. The summed E-state index contributed by atoms with van der Waals surface area (Å²) < 4.78 is 0. The summed E-state index contributed by atoms with van der Waals surface area (Å²) in [6, 6.07) is 23.3. The molecule has 0 unspecified atom stereocenters. The van der Waals surface area contributed by atoms with Crippen LogP contribution in [-0.4, -0.2) is 26.8 Å². The third-order valence-electron chi connectivity index (χ3n) is 4.80. The monoisotopic (exact) mass is 490 g/mol. The van der Waals surface area contributed by atoms with Gasteiger partial charge in [0.1, 0.15) is 5.69 Å². The van der Waals surface area contributed by atoms with Crippen LogP contribution in [0.5, 0.6) is 5.75 Å². The second-order valence-corrected chi connectivity index (χ2v) is 7.10. The van der Waals surface area contributed by atoms with Crippen LogP contribution >= 0.6 is 0 Å². The highest BCUT2D eigenvalue weighted by Gasteiger charge is 2.24. The zero-order chi connectivity index (χ0) is 26.2. The predicted octanol–water partition coefficient (Wildman–Crippen LogP) is 3.76. The van der Waals surface area contributed by atoms with Crippen LogP contribution in [0.4, 0.5) is 23.0 Å². The van der Waals surface area contributed by atoms with E-state index in [1.807, 2.05) is 43.4 Å². The SMILES string of the molecule is CNc1nc(-c2ccccc2)cc(-c2ccccc2)[nH+]1.O=[N+]([O-])c1cc([N+](=O)[O-])c([O-])c([N+](=O)[O-])c1. The summed E-state index contributed by atoms with van der Waals surface area (Å²) in [5.41, 5.74) is 0.981. The molecular formula is C23H18N6O7. The van der Waals surface area contributed by atoms with E-state index in [0.717, 1.165) is 28.5 Å². The summed E-state index contributed by atoms with van der Waals surface area (Å²) in [5, 5.41) is 45.2. The van der Waals surface area contributed by atoms with E-state index in [4.69, 9.17) is 0 Å². The van der Waals surface area contributed by atoms with Gasteiger partial charge in [-0.25, -0.2) is 4.98 Å². The Labute approximate surface area is 203 Å². The first-order valence-electron chi connectivity index (χ1n) is 10.2. The molecule has 0 fully saturated rings. The summed E-state index contributed by atoms with van der Waals surface area (Å²) in [7, 11) is 1.86. The Bertz CT molecular complexity index is 1320. The minimum absolute atomic E-state index is 0.384. The van der Waals surface area contributed by atoms with E-state index in [1.54, 1.807) is 0 Å². The molecule has 13 heteroatoms. The number of non-ortho nitro benzene ring substituents is 1. The second kappa shape index (κ2) is 11.1. The molecule has 4 rings (SSSR count). The number of H-pyrrole nitrogens is 1. The van der Waals surface area contributed by atoms with Crippen LogP contribution in [0, 0.1) is 30.3 Å². The molecule has 0 aliphatic heterocycles. The van der Waals surface area contributed by atoms with E-state index < -0.39 is 37.6 Å². The van der Waals surface area contributed by atoms with Crippen molar-refractivity contribution in [2.75, 3.05) is 12.4 Å². The number of anilines is 1. The first kappa shape index (κ1) is 25.2. The van der Waals surface area contributed by atoms with E-state index in [9.17, 15) is 35.4 Å². The average molecular weight is 490 g/mol. The number of benzene rings is 3. The van der Waals surface area contributed by atoms with Crippen LogP contribution in [0.15, 0.2) is 78.9 Å². The first-order chi connectivity index (χ1) is 17.2. The van der Waals surface area contributed by atoms with Gasteiger partial charge in [0, 0.05) is 17.2 Å². The average Bonchev–Trinajstić information content (AvgIpc) is 2.89. The molecular weight excluding hydrogens is 472 g/mol. The Kier molecular flexibility index (Phi) is 7.77. The summed E-state index contributed by atoms with van der Waals surface area (Å²) in [5.74, 6) is -0.703. The maximum Gasteiger partial charge on any atom is 0.390 e. The number of rotatable bonds is 6. The fourth-order valence-electron chi connectivity index (χ4n) is 3.09. The molecule has 0 aliphatic carbocycles. The molecule has 1 aromatic heterocycles. The number of nitro benzene ring substituents is 3. The fourth-order valence-corrected chi connectivity index (χ4v) is 3.09. The molecule has 0 spiro atoms. The fraction of sp³-hybridized carbons (Fsp3) is 0.0435. The lowest BCUT2D eigenvalue weighted by atomic mass is 10.1. The molecule has 0 aliphatic rings. The lowest BCUT2D eigenvalue weighted by molar-refractivity contribution is -0.420. The van der Waals surface area contributed by atoms with Crippen LogP contribution in [0.25, 0.3) is 22.5 Å². The van der Waals surface area contributed by atoms with Gasteiger partial charge >= 0.3 is 5.95 Å². The van der Waals surface area contributed by atoms with Gasteiger partial charge in [0.05, 0.1) is 39.7 Å². The summed E-state index contributed by atoms with van der Waals surface area (Å²) in [4.78, 5) is 35.4. The van der Waals surface area contributed by atoms with Gasteiger partial charge in [0.25, 0.3) is 17.1 Å². The van der Waals surface area contributed by atoms with Crippen LogP contribution < -0.4 is 15.4 Å². The van der Waals surface area contributed by atoms with E-state index in [1.165, 1.54) is 0 Å². The van der Waals surface area contributed by atoms with Gasteiger partial charge in [-0.15, -0.1) is 0 Å². The number of hydrogen-bond acceptors (Lipinski definition) is 9. The Morgan fingerprint density at radius 3 is 1.69 bits per heavy atom. The Hall–Kier alpha value is -5.46. The van der Waals surface area contributed by atoms with Crippen molar-refractivity contribution in [3.63, 3.8) is 0 Å². The first-order valence-corrected chi connectivity index (χ1v) is 10.2. The van der Waals surface area contributed by atoms with E-state index in [0.29, 0.717) is 12.1 Å². The molecule has 36 heavy (non-hydrogen) atoms. The Morgan fingerprint density at radius 2 is 1.25 bits per heavy atom. The van der Waals surface area contributed by atoms with Gasteiger partial charge in [0.15, 0.2) is 5.69 Å². The maximum absolute atomic E-state index is 11.1. The molecule has 0 amide bonds. The highest BCUT2D eigenvalue weighted by Crippen LogP contribution is 2.36. The lowest BCUT2D eigenvalue weighted by Crippen LogP contribution is -2.16. The minimum atomic E-state index is -1.46. The zero-order valence-corrected chi connectivity index (χ0v) is 18.7. The molecule has 0 saturated carbocycles. The van der Waals surface area contributed by atoms with Crippen molar-refractivity contribution < 1.29 is 24.9 Å².